The van der Waals surface area contributed by atoms with E-state index in [0.29, 0.717) is 22.7 Å². The zero-order valence-corrected chi connectivity index (χ0v) is 10.4. The Balaban J connectivity index is 2.42. The van der Waals surface area contributed by atoms with Gasteiger partial charge in [0.25, 0.3) is 0 Å². The van der Waals surface area contributed by atoms with Crippen LogP contribution in [0.2, 0.25) is 0 Å². The molecule has 0 fully saturated rings. The maximum absolute atomic E-state index is 8.96. The van der Waals surface area contributed by atoms with Gasteiger partial charge in [-0.1, -0.05) is 18.2 Å². The summed E-state index contributed by atoms with van der Waals surface area (Å²) in [4.78, 5) is 0. The fraction of sp³-hybridized carbons (Fsp3) is 0. The Morgan fingerprint density at radius 2 is 1.88 bits per heavy atom. The third kappa shape index (κ3) is 2.40. The molecule has 0 aromatic heterocycles. The Labute approximate surface area is 108 Å². The molecule has 17 heavy (non-hydrogen) atoms. The van der Waals surface area contributed by atoms with Gasteiger partial charge in [0.15, 0.2) is 5.75 Å². The molecular formula is C13H9BrN2O. The van der Waals surface area contributed by atoms with Crippen LogP contribution in [0.5, 0.6) is 11.5 Å². The second-order valence-corrected chi connectivity index (χ2v) is 4.22. The van der Waals surface area contributed by atoms with Gasteiger partial charge in [-0.3, -0.25) is 0 Å². The van der Waals surface area contributed by atoms with Crippen molar-refractivity contribution in [2.75, 3.05) is 5.73 Å². The number of nitrogens with two attached hydrogens (primary N) is 1. The molecule has 3 nitrogen and oxygen atoms in total. The third-order valence-electron chi connectivity index (χ3n) is 2.22. The van der Waals surface area contributed by atoms with E-state index in [0.717, 1.165) is 4.47 Å². The molecule has 0 heterocycles. The SMILES string of the molecule is N#Cc1ccccc1Oc1c(N)cccc1Br. The Kier molecular flexibility index (Phi) is 3.31. The lowest BCUT2D eigenvalue weighted by Gasteiger charge is -2.11. The molecule has 0 radical (unpaired) electrons. The monoisotopic (exact) mass is 288 g/mol. The number of nitrogen functional groups attached to an aromatic ring is 1. The number of halogens is 1. The normalized spacial score (nSPS) is 9.65. The Morgan fingerprint density at radius 1 is 1.12 bits per heavy atom. The lowest BCUT2D eigenvalue weighted by atomic mass is 10.2. The van der Waals surface area contributed by atoms with E-state index in [4.69, 9.17) is 15.7 Å². The van der Waals surface area contributed by atoms with Crippen LogP contribution in [-0.2, 0) is 0 Å². The topological polar surface area (TPSA) is 59.0 Å². The first-order valence-electron chi connectivity index (χ1n) is 4.93. The van der Waals surface area contributed by atoms with E-state index in [1.807, 2.05) is 18.2 Å². The van der Waals surface area contributed by atoms with Crippen molar-refractivity contribution in [1.29, 1.82) is 5.26 Å². The second kappa shape index (κ2) is 4.89. The summed E-state index contributed by atoms with van der Waals surface area (Å²) < 4.78 is 6.42. The highest BCUT2D eigenvalue weighted by atomic mass is 79.9. The first kappa shape index (κ1) is 11.5. The number of nitriles is 1. The molecule has 0 aliphatic carbocycles. The van der Waals surface area contributed by atoms with E-state index in [1.54, 1.807) is 24.3 Å². The molecule has 0 unspecified atom stereocenters. The summed E-state index contributed by atoms with van der Waals surface area (Å²) in [7, 11) is 0. The molecule has 2 aromatic rings. The molecule has 2 aromatic carbocycles. The summed E-state index contributed by atoms with van der Waals surface area (Å²) in [5.74, 6) is 1.02. The standard InChI is InChI=1S/C13H9BrN2O/c14-10-5-3-6-11(16)13(10)17-12-7-2-1-4-9(12)8-15/h1-7H,16H2. The van der Waals surface area contributed by atoms with Crippen molar-refractivity contribution < 1.29 is 4.74 Å². The molecule has 0 saturated heterocycles. The lowest BCUT2D eigenvalue weighted by Crippen LogP contribution is -1.94. The van der Waals surface area contributed by atoms with Gasteiger partial charge in [-0.25, -0.2) is 0 Å². The van der Waals surface area contributed by atoms with Gasteiger partial charge in [0.05, 0.1) is 15.7 Å². The smallest absolute Gasteiger partial charge is 0.164 e. The van der Waals surface area contributed by atoms with E-state index in [1.165, 1.54) is 0 Å². The minimum absolute atomic E-state index is 0.475. The van der Waals surface area contributed by atoms with E-state index in [2.05, 4.69) is 22.0 Å². The first-order chi connectivity index (χ1) is 8.22. The maximum Gasteiger partial charge on any atom is 0.164 e. The Bertz CT molecular complexity index is 570. The van der Waals surface area contributed by atoms with E-state index in [-0.39, 0.29) is 0 Å². The molecule has 0 spiro atoms. The molecule has 4 heteroatoms. The number of ether oxygens (including phenoxy) is 1. The molecule has 2 rings (SSSR count). The van der Waals surface area contributed by atoms with Crippen molar-refractivity contribution in [1.82, 2.24) is 0 Å². The minimum atomic E-state index is 0.475. The van der Waals surface area contributed by atoms with Crippen molar-refractivity contribution in [3.8, 4) is 17.6 Å². The summed E-state index contributed by atoms with van der Waals surface area (Å²) in [6.07, 6.45) is 0. The van der Waals surface area contributed by atoms with Gasteiger partial charge in [0, 0.05) is 0 Å². The number of para-hydroxylation sites is 2. The fourth-order valence-corrected chi connectivity index (χ4v) is 1.85. The van der Waals surface area contributed by atoms with Crippen molar-refractivity contribution in [3.63, 3.8) is 0 Å². The van der Waals surface area contributed by atoms with E-state index >= 15 is 0 Å². The Morgan fingerprint density at radius 3 is 2.59 bits per heavy atom. The van der Waals surface area contributed by atoms with Crippen LogP contribution in [0.25, 0.3) is 0 Å². The molecule has 0 amide bonds. The van der Waals surface area contributed by atoms with Gasteiger partial charge in [-0.2, -0.15) is 5.26 Å². The lowest BCUT2D eigenvalue weighted by molar-refractivity contribution is 0.480. The quantitative estimate of drug-likeness (QED) is 0.858. The zero-order valence-electron chi connectivity index (χ0n) is 8.85. The van der Waals surface area contributed by atoms with Crippen LogP contribution in [-0.4, -0.2) is 0 Å². The summed E-state index contributed by atoms with van der Waals surface area (Å²) in [5.41, 5.74) is 6.82. The average molecular weight is 289 g/mol. The van der Waals surface area contributed by atoms with Gasteiger partial charge in [-0.15, -0.1) is 0 Å². The number of anilines is 1. The molecule has 84 valence electrons. The molecule has 2 N–H and O–H groups in total. The van der Waals surface area contributed by atoms with Crippen LogP contribution in [0.1, 0.15) is 5.56 Å². The van der Waals surface area contributed by atoms with Crippen LogP contribution >= 0.6 is 15.9 Å². The summed E-state index contributed by atoms with van der Waals surface area (Å²) in [5, 5.41) is 8.96. The number of hydrogen-bond donors (Lipinski definition) is 1. The maximum atomic E-state index is 8.96. The minimum Gasteiger partial charge on any atom is -0.453 e. The first-order valence-corrected chi connectivity index (χ1v) is 5.72. The van der Waals surface area contributed by atoms with Crippen LogP contribution in [0, 0.1) is 11.3 Å². The highest BCUT2D eigenvalue weighted by molar-refractivity contribution is 9.10. The molecule has 0 aliphatic heterocycles. The molecular weight excluding hydrogens is 280 g/mol. The van der Waals surface area contributed by atoms with Gasteiger partial charge in [-0.05, 0) is 40.2 Å². The fourth-order valence-electron chi connectivity index (χ4n) is 1.39. The number of hydrogen-bond acceptors (Lipinski definition) is 3. The summed E-state index contributed by atoms with van der Waals surface area (Å²) in [6.45, 7) is 0. The highest BCUT2D eigenvalue weighted by Crippen LogP contribution is 2.35. The second-order valence-electron chi connectivity index (χ2n) is 3.37. The van der Waals surface area contributed by atoms with Crippen molar-refractivity contribution in [3.05, 3.63) is 52.5 Å². The van der Waals surface area contributed by atoms with Crippen molar-refractivity contribution >= 4 is 21.6 Å². The van der Waals surface area contributed by atoms with Gasteiger partial charge in [0.2, 0.25) is 0 Å². The molecule has 0 bridgehead atoms. The van der Waals surface area contributed by atoms with Crippen LogP contribution in [0.15, 0.2) is 46.9 Å². The van der Waals surface area contributed by atoms with Crippen LogP contribution in [0.4, 0.5) is 5.69 Å². The van der Waals surface area contributed by atoms with E-state index in [9.17, 15) is 0 Å². The summed E-state index contributed by atoms with van der Waals surface area (Å²) in [6, 6.07) is 14.5. The van der Waals surface area contributed by atoms with Gasteiger partial charge in [0.1, 0.15) is 11.8 Å². The molecule has 0 aliphatic rings. The molecule has 0 atom stereocenters. The zero-order chi connectivity index (χ0) is 12.3. The summed E-state index contributed by atoms with van der Waals surface area (Å²) >= 11 is 3.36. The predicted octanol–water partition coefficient (Wildman–Crippen LogP) is 3.70. The third-order valence-corrected chi connectivity index (χ3v) is 2.84. The van der Waals surface area contributed by atoms with Gasteiger partial charge >= 0.3 is 0 Å². The highest BCUT2D eigenvalue weighted by Gasteiger charge is 2.09. The molecule has 0 saturated carbocycles. The number of nitrogens with zero attached hydrogens (tertiary/aromatic N) is 1. The largest absolute Gasteiger partial charge is 0.453 e. The predicted molar refractivity (Wildman–Crippen MR) is 69.8 cm³/mol. The Hall–Kier alpha value is -1.99. The van der Waals surface area contributed by atoms with Crippen LogP contribution in [0.3, 0.4) is 0 Å². The van der Waals surface area contributed by atoms with Gasteiger partial charge < -0.3 is 10.5 Å². The van der Waals surface area contributed by atoms with E-state index < -0.39 is 0 Å². The van der Waals surface area contributed by atoms with Crippen molar-refractivity contribution in [2.45, 2.75) is 0 Å². The van der Waals surface area contributed by atoms with Crippen LogP contribution < -0.4 is 10.5 Å². The number of rotatable bonds is 2. The number of benzene rings is 2. The van der Waals surface area contributed by atoms with Crippen molar-refractivity contribution in [2.24, 2.45) is 0 Å². The average Bonchev–Trinajstić information content (AvgIpc) is 2.34.